The minimum atomic E-state index is -0.499. The van der Waals surface area contributed by atoms with E-state index in [2.05, 4.69) is 15.7 Å². The predicted octanol–water partition coefficient (Wildman–Crippen LogP) is 3.25. The van der Waals surface area contributed by atoms with Crippen LogP contribution < -0.4 is 16.4 Å². The fraction of sp³-hybridized carbons (Fsp3) is 0.130. The molecule has 0 aliphatic rings. The molecule has 0 saturated carbocycles. The Morgan fingerprint density at radius 2 is 1.75 bits per heavy atom. The predicted molar refractivity (Wildman–Crippen MR) is 124 cm³/mol. The van der Waals surface area contributed by atoms with Gasteiger partial charge in [-0.25, -0.2) is 4.68 Å². The number of carbonyl (C=O) groups excluding carboxylic acids is 3. The van der Waals surface area contributed by atoms with E-state index in [1.54, 1.807) is 24.3 Å². The maximum absolute atomic E-state index is 13.0. The average molecular weight is 448 g/mol. The van der Waals surface area contributed by atoms with Crippen molar-refractivity contribution in [2.75, 3.05) is 11.9 Å². The first-order chi connectivity index (χ1) is 15.4. The number of amides is 3. The van der Waals surface area contributed by atoms with Crippen molar-refractivity contribution in [1.29, 1.82) is 0 Å². The summed E-state index contributed by atoms with van der Waals surface area (Å²) in [5.74, 6) is -1.21. The second-order valence-corrected chi connectivity index (χ2v) is 8.16. The Balaban J connectivity index is 1.58. The first kappa shape index (κ1) is 21.3. The van der Waals surface area contributed by atoms with Gasteiger partial charge in [0.05, 0.1) is 27.5 Å². The van der Waals surface area contributed by atoms with Gasteiger partial charge in [0, 0.05) is 18.4 Å². The molecule has 4 aromatic rings. The number of carbonyl (C=O) groups is 3. The van der Waals surface area contributed by atoms with E-state index in [0.29, 0.717) is 16.1 Å². The summed E-state index contributed by atoms with van der Waals surface area (Å²) in [5.41, 5.74) is 7.53. The number of thiophene rings is 1. The molecule has 0 atom stereocenters. The molecule has 162 valence electrons. The van der Waals surface area contributed by atoms with Crippen LogP contribution in [0.5, 0.6) is 0 Å². The normalized spacial score (nSPS) is 10.8. The lowest BCUT2D eigenvalue weighted by atomic mass is 10.1. The van der Waals surface area contributed by atoms with E-state index in [1.165, 1.54) is 11.3 Å². The fourth-order valence-electron chi connectivity index (χ4n) is 3.27. The summed E-state index contributed by atoms with van der Waals surface area (Å²) in [7, 11) is 0. The Morgan fingerprint density at radius 1 is 1.03 bits per heavy atom. The third kappa shape index (κ3) is 4.37. The molecule has 4 N–H and O–H groups in total. The number of nitrogens with one attached hydrogen (secondary N) is 2. The van der Waals surface area contributed by atoms with Crippen molar-refractivity contribution in [3.05, 3.63) is 76.8 Å². The third-order valence-electron chi connectivity index (χ3n) is 4.85. The minimum Gasteiger partial charge on any atom is -0.370 e. The smallest absolute Gasteiger partial charge is 0.265 e. The lowest BCUT2D eigenvalue weighted by Crippen LogP contribution is -2.28. The van der Waals surface area contributed by atoms with Crippen molar-refractivity contribution >= 4 is 45.0 Å². The van der Waals surface area contributed by atoms with Crippen molar-refractivity contribution in [3.63, 3.8) is 0 Å². The molecule has 9 heteroatoms. The van der Waals surface area contributed by atoms with Gasteiger partial charge in [-0.2, -0.15) is 5.10 Å². The van der Waals surface area contributed by atoms with Crippen LogP contribution >= 0.6 is 11.3 Å². The molecule has 32 heavy (non-hydrogen) atoms. The zero-order valence-corrected chi connectivity index (χ0v) is 18.1. The van der Waals surface area contributed by atoms with Crippen LogP contribution in [0, 0.1) is 6.92 Å². The van der Waals surface area contributed by atoms with Crippen LogP contribution in [0.2, 0.25) is 0 Å². The monoisotopic (exact) mass is 447 g/mol. The molecule has 0 fully saturated rings. The summed E-state index contributed by atoms with van der Waals surface area (Å²) in [6, 6.07) is 18.2. The lowest BCUT2D eigenvalue weighted by Gasteiger charge is -2.10. The molecule has 0 saturated heterocycles. The van der Waals surface area contributed by atoms with E-state index < -0.39 is 11.8 Å². The number of hydrogen-bond acceptors (Lipinski definition) is 5. The van der Waals surface area contributed by atoms with Gasteiger partial charge in [0.1, 0.15) is 4.83 Å². The first-order valence-electron chi connectivity index (χ1n) is 9.95. The van der Waals surface area contributed by atoms with Gasteiger partial charge in [0.2, 0.25) is 5.91 Å². The van der Waals surface area contributed by atoms with Gasteiger partial charge in [-0.15, -0.1) is 11.3 Å². The van der Waals surface area contributed by atoms with E-state index in [4.69, 9.17) is 5.73 Å². The number of primary amides is 1. The summed E-state index contributed by atoms with van der Waals surface area (Å²) in [4.78, 5) is 37.7. The largest absolute Gasteiger partial charge is 0.370 e. The second kappa shape index (κ2) is 9.03. The standard InChI is InChI=1S/C23H21N5O3S/c1-14-17-13-19(32-23(17)28(27-14)15-7-3-2-4-8-15)22(31)26-18-10-6-5-9-16(18)21(30)25-12-11-20(24)29/h2-10,13H,11-12H2,1H3,(H2,24,29)(H,25,30)(H,26,31). The minimum absolute atomic E-state index is 0.0415. The van der Waals surface area contributed by atoms with Gasteiger partial charge in [-0.05, 0) is 37.3 Å². The molecule has 8 nitrogen and oxygen atoms in total. The summed E-state index contributed by atoms with van der Waals surface area (Å²) < 4.78 is 1.83. The zero-order valence-electron chi connectivity index (χ0n) is 17.3. The van der Waals surface area contributed by atoms with Crippen LogP contribution in [-0.2, 0) is 4.79 Å². The number of benzene rings is 2. The SMILES string of the molecule is Cc1nn(-c2ccccc2)c2sc(C(=O)Nc3ccccc3C(=O)NCCC(N)=O)cc12. The molecule has 0 aliphatic carbocycles. The molecule has 0 spiro atoms. The number of fused-ring (bicyclic) bond motifs is 1. The van der Waals surface area contributed by atoms with Crippen molar-refractivity contribution in [1.82, 2.24) is 15.1 Å². The number of para-hydroxylation sites is 2. The highest BCUT2D eigenvalue weighted by Crippen LogP contribution is 2.31. The number of anilines is 1. The van der Waals surface area contributed by atoms with Crippen LogP contribution in [-0.4, -0.2) is 34.0 Å². The average Bonchev–Trinajstić information content (AvgIpc) is 3.35. The Labute approximate surface area is 188 Å². The van der Waals surface area contributed by atoms with E-state index >= 15 is 0 Å². The quantitative estimate of drug-likeness (QED) is 0.403. The van der Waals surface area contributed by atoms with Crippen LogP contribution in [0.15, 0.2) is 60.7 Å². The highest BCUT2D eigenvalue weighted by molar-refractivity contribution is 7.20. The van der Waals surface area contributed by atoms with Crippen molar-refractivity contribution in [3.8, 4) is 5.69 Å². The van der Waals surface area contributed by atoms with Crippen molar-refractivity contribution < 1.29 is 14.4 Å². The number of nitrogens with two attached hydrogens (primary N) is 1. The van der Waals surface area contributed by atoms with Gasteiger partial charge in [0.15, 0.2) is 0 Å². The van der Waals surface area contributed by atoms with Crippen molar-refractivity contribution in [2.45, 2.75) is 13.3 Å². The molecule has 4 rings (SSSR count). The van der Waals surface area contributed by atoms with Gasteiger partial charge in [-0.3, -0.25) is 14.4 Å². The molecule has 3 amide bonds. The Hall–Kier alpha value is -3.98. The van der Waals surface area contributed by atoms with Crippen LogP contribution in [0.25, 0.3) is 15.9 Å². The second-order valence-electron chi connectivity index (χ2n) is 7.13. The molecular weight excluding hydrogens is 426 g/mol. The Kier molecular flexibility index (Phi) is 6.00. The molecular formula is C23H21N5O3S. The summed E-state index contributed by atoms with van der Waals surface area (Å²) in [6.07, 6.45) is 0.0415. The van der Waals surface area contributed by atoms with E-state index in [9.17, 15) is 14.4 Å². The van der Waals surface area contributed by atoms with Crippen molar-refractivity contribution in [2.24, 2.45) is 5.73 Å². The van der Waals surface area contributed by atoms with Gasteiger partial charge in [0.25, 0.3) is 11.8 Å². The van der Waals surface area contributed by atoms with E-state index in [-0.39, 0.29) is 18.9 Å². The van der Waals surface area contributed by atoms with Gasteiger partial charge in [-0.1, -0.05) is 30.3 Å². The highest BCUT2D eigenvalue weighted by Gasteiger charge is 2.19. The molecule has 0 bridgehead atoms. The highest BCUT2D eigenvalue weighted by atomic mass is 32.1. The van der Waals surface area contributed by atoms with E-state index in [0.717, 1.165) is 21.6 Å². The molecule has 2 aromatic heterocycles. The number of rotatable bonds is 7. The van der Waals surface area contributed by atoms with Gasteiger partial charge < -0.3 is 16.4 Å². The number of aryl methyl sites for hydroxylation is 1. The summed E-state index contributed by atoms with van der Waals surface area (Å²) >= 11 is 1.33. The number of nitrogens with zero attached hydrogens (tertiary/aromatic N) is 2. The summed E-state index contributed by atoms with van der Waals surface area (Å²) in [6.45, 7) is 2.03. The fourth-order valence-corrected chi connectivity index (χ4v) is 4.35. The molecule has 0 unspecified atom stereocenters. The molecule has 2 heterocycles. The Morgan fingerprint density at radius 3 is 2.50 bits per heavy atom. The maximum atomic E-state index is 13.0. The Bertz CT molecular complexity index is 1310. The number of hydrogen-bond donors (Lipinski definition) is 3. The van der Waals surface area contributed by atoms with Crippen LogP contribution in [0.3, 0.4) is 0 Å². The topological polar surface area (TPSA) is 119 Å². The number of aromatic nitrogens is 2. The zero-order chi connectivity index (χ0) is 22.7. The molecule has 0 aliphatic heterocycles. The first-order valence-corrected chi connectivity index (χ1v) is 10.8. The van der Waals surface area contributed by atoms with Gasteiger partial charge >= 0.3 is 0 Å². The molecule has 0 radical (unpaired) electrons. The third-order valence-corrected chi connectivity index (χ3v) is 5.96. The molecule has 2 aromatic carbocycles. The van der Waals surface area contributed by atoms with E-state index in [1.807, 2.05) is 48.0 Å². The summed E-state index contributed by atoms with van der Waals surface area (Å²) in [5, 5.41) is 11.0. The van der Waals surface area contributed by atoms with Crippen LogP contribution in [0.1, 0.15) is 32.1 Å². The van der Waals surface area contributed by atoms with Crippen LogP contribution in [0.4, 0.5) is 5.69 Å². The maximum Gasteiger partial charge on any atom is 0.265 e. The lowest BCUT2D eigenvalue weighted by molar-refractivity contribution is -0.117.